The van der Waals surface area contributed by atoms with Crippen LogP contribution in [0.3, 0.4) is 0 Å². The second-order valence-corrected chi connectivity index (χ2v) is 23.9. The average molecular weight is 1330 g/mol. The third-order valence-electron chi connectivity index (χ3n) is 14.1. The van der Waals surface area contributed by atoms with E-state index in [2.05, 4.69) is 10.3 Å². The number of pyridine rings is 2. The highest BCUT2D eigenvalue weighted by Gasteiger charge is 2.56. The molecule has 26 heteroatoms. The third-order valence-corrected chi connectivity index (χ3v) is 14.7. The lowest BCUT2D eigenvalue weighted by Crippen LogP contribution is -2.49. The average Bonchev–Trinajstić information content (AvgIpc) is 0.967. The number of carbonyl (C=O) groups is 3. The molecular weight excluding hydrogens is 1250 g/mol. The van der Waals surface area contributed by atoms with Gasteiger partial charge in [0.2, 0.25) is 5.60 Å². The molecule has 6 aromatic rings. The van der Waals surface area contributed by atoms with Crippen molar-refractivity contribution in [2.75, 3.05) is 48.1 Å². The molecule has 0 spiro atoms. The SMILES string of the molecule is CN(C(=O)OC(C)(C)C)C(C)(C)c1cc(-c2ccc(F)c(Cl)c2)nc(C(O)(CN)C(F)(F)F)c1.CNC(C)(C)c1cc(-c2ccc(F)c(Cl)c2)nc(C(C)(O)CCC(=O)c2ccc(OC[C@@H](C)O)c(OC)c2)c1.COc1cc(C(=O)O)ccc1OC[C@@H](C)O.Cl. The van der Waals surface area contributed by atoms with Crippen LogP contribution in [0.15, 0.2) is 97.1 Å². The molecule has 0 aliphatic carbocycles. The molecule has 0 aliphatic rings. The lowest BCUT2D eigenvalue weighted by Gasteiger charge is -2.38. The number of methoxy groups -OCH3 is 2. The maximum absolute atomic E-state index is 13.8. The minimum atomic E-state index is -5.15. The van der Waals surface area contributed by atoms with Crippen molar-refractivity contribution < 1.29 is 85.6 Å². The number of aromatic nitrogens is 2. The summed E-state index contributed by atoms with van der Waals surface area (Å²) in [5.74, 6) is -0.928. The van der Waals surface area contributed by atoms with Gasteiger partial charge in [0.1, 0.15) is 36.1 Å². The summed E-state index contributed by atoms with van der Waals surface area (Å²) in [6.45, 7) is 16.0. The molecule has 90 heavy (non-hydrogen) atoms. The van der Waals surface area contributed by atoms with Crippen molar-refractivity contribution >= 4 is 53.5 Å². The Morgan fingerprint density at radius 3 is 1.52 bits per heavy atom. The highest BCUT2D eigenvalue weighted by atomic mass is 35.5. The second kappa shape index (κ2) is 31.9. The van der Waals surface area contributed by atoms with E-state index in [0.717, 1.165) is 17.7 Å². The molecule has 6 rings (SSSR count). The molecule has 2 aromatic heterocycles. The van der Waals surface area contributed by atoms with Crippen molar-refractivity contribution in [3.05, 3.63) is 152 Å². The maximum atomic E-state index is 13.8. The van der Waals surface area contributed by atoms with Gasteiger partial charge in [0.25, 0.3) is 0 Å². The lowest BCUT2D eigenvalue weighted by atomic mass is 9.87. The van der Waals surface area contributed by atoms with Crippen molar-refractivity contribution in [3.63, 3.8) is 0 Å². The molecule has 0 saturated carbocycles. The van der Waals surface area contributed by atoms with Crippen LogP contribution in [0, 0.1) is 11.6 Å². The van der Waals surface area contributed by atoms with Crippen LogP contribution in [0.25, 0.3) is 22.5 Å². The van der Waals surface area contributed by atoms with Gasteiger partial charge in [-0.1, -0.05) is 23.2 Å². The van der Waals surface area contributed by atoms with Crippen molar-refractivity contribution in [2.45, 2.75) is 128 Å². The second-order valence-electron chi connectivity index (χ2n) is 23.1. The van der Waals surface area contributed by atoms with Crippen LogP contribution in [-0.4, -0.2) is 130 Å². The summed E-state index contributed by atoms with van der Waals surface area (Å²) in [5.41, 5.74) is 0.406. The molecule has 0 saturated heterocycles. The van der Waals surface area contributed by atoms with Gasteiger partial charge in [-0.25, -0.2) is 28.3 Å². The summed E-state index contributed by atoms with van der Waals surface area (Å²) in [6.07, 6.45) is -6.95. The van der Waals surface area contributed by atoms with Gasteiger partial charge in [0.15, 0.2) is 28.8 Å². The number of carboxylic acid groups (broad SMARTS) is 1. The standard InChI is InChI=1S/C30H36ClFN2O5.C23H28ClF4N3O3.C11H14O5.ClH/c1-18(35)17-39-26-10-8-20(14-27(26)38-6)25(36)11-12-30(4,37)28-16-21(29(2,3)33-5)15-24(34-28)19-7-9-23(32)22(31)13-19;1-20(2,3)34-19(32)31(6)21(4,5)14-10-17(13-7-8-16(25)15(24)9-13)30-18(11-14)22(33,12-29)23(26,27)28;1-7(12)6-16-9-4-3-8(11(13)14)5-10(9)15-2;/h7-10,13-16,18,33,35,37H,11-12,17H2,1-6H3;7-11,33H,12,29H2,1-6H3;3-5,7,12H,6H2,1-2H3,(H,13,14);1H/t18-,30?;;7-;/m1.1./s1. The van der Waals surface area contributed by atoms with E-state index in [0.29, 0.717) is 45.5 Å². The Hall–Kier alpha value is -6.93. The fourth-order valence-corrected chi connectivity index (χ4v) is 8.42. The molecule has 8 N–H and O–H groups in total. The zero-order chi connectivity index (χ0) is 67.4. The van der Waals surface area contributed by atoms with Crippen molar-refractivity contribution in [3.8, 4) is 45.5 Å². The van der Waals surface area contributed by atoms with Crippen molar-refractivity contribution in [2.24, 2.45) is 5.73 Å². The molecule has 1 amide bonds. The van der Waals surface area contributed by atoms with Crippen molar-refractivity contribution in [1.29, 1.82) is 0 Å². The van der Waals surface area contributed by atoms with Gasteiger partial charge in [0.05, 0.1) is 70.4 Å². The predicted molar refractivity (Wildman–Crippen MR) is 335 cm³/mol. The number of nitrogens with one attached hydrogen (secondary N) is 1. The highest BCUT2D eigenvalue weighted by Crippen LogP contribution is 2.42. The highest BCUT2D eigenvalue weighted by molar-refractivity contribution is 6.31. The van der Waals surface area contributed by atoms with E-state index in [4.69, 9.17) is 67.8 Å². The maximum Gasteiger partial charge on any atom is 0.424 e. The number of hydrogen-bond acceptors (Lipinski definition) is 16. The van der Waals surface area contributed by atoms with E-state index in [1.54, 1.807) is 79.7 Å². The third kappa shape index (κ3) is 20.5. The Balaban J connectivity index is 0.000000378. The van der Waals surface area contributed by atoms with Crippen LogP contribution in [0.4, 0.5) is 26.7 Å². The molecule has 18 nitrogen and oxygen atoms in total. The van der Waals surface area contributed by atoms with E-state index < -0.39 is 82.2 Å². The number of Topliss-reactive ketones (excluding diaryl/α,β-unsaturated/α-hetero) is 1. The van der Waals surface area contributed by atoms with Gasteiger partial charge >= 0.3 is 18.2 Å². The van der Waals surface area contributed by atoms with E-state index in [9.17, 15) is 51.7 Å². The van der Waals surface area contributed by atoms with Crippen LogP contribution in [-0.2, 0) is 27.0 Å². The number of aromatic carboxylic acids is 1. The minimum Gasteiger partial charge on any atom is -0.493 e. The number of benzene rings is 4. The van der Waals surface area contributed by atoms with Gasteiger partial charge in [-0.2, -0.15) is 13.2 Å². The number of alkyl halides is 3. The zero-order valence-electron chi connectivity index (χ0n) is 52.4. The first-order valence-electron chi connectivity index (χ1n) is 27.7. The van der Waals surface area contributed by atoms with Crippen molar-refractivity contribution in [1.82, 2.24) is 20.2 Å². The number of nitrogens with zero attached hydrogens (tertiary/aromatic N) is 3. The summed E-state index contributed by atoms with van der Waals surface area (Å²) in [6, 6.07) is 23.2. The molecular formula is C64H79Cl3F5N5O13. The van der Waals surface area contributed by atoms with E-state index in [-0.39, 0.29) is 76.7 Å². The Morgan fingerprint density at radius 1 is 0.667 bits per heavy atom. The van der Waals surface area contributed by atoms with E-state index >= 15 is 0 Å². The number of amides is 1. The van der Waals surface area contributed by atoms with Crippen LogP contribution >= 0.6 is 35.6 Å². The first kappa shape index (κ1) is 77.3. The van der Waals surface area contributed by atoms with E-state index in [1.165, 1.54) is 74.7 Å². The van der Waals surface area contributed by atoms with Gasteiger partial charge < -0.3 is 65.2 Å². The number of rotatable bonds is 22. The number of carboxylic acids is 1. The summed E-state index contributed by atoms with van der Waals surface area (Å²) in [5, 5.41) is 52.2. The van der Waals surface area contributed by atoms with Crippen LogP contribution in [0.5, 0.6) is 23.0 Å². The number of hydrogen-bond donors (Lipinski definition) is 7. The number of ether oxygens (including phenoxy) is 5. The lowest BCUT2D eigenvalue weighted by molar-refractivity contribution is -0.263. The smallest absolute Gasteiger partial charge is 0.424 e. The van der Waals surface area contributed by atoms with Gasteiger partial charge in [-0.15, -0.1) is 12.4 Å². The number of aliphatic hydroxyl groups is 4. The van der Waals surface area contributed by atoms with Gasteiger partial charge in [-0.05, 0) is 191 Å². The first-order chi connectivity index (χ1) is 41.1. The molecule has 0 fully saturated rings. The van der Waals surface area contributed by atoms with Crippen LogP contribution in [0.2, 0.25) is 10.0 Å². The topological polar surface area (TPSA) is 266 Å². The molecule has 4 aromatic carbocycles. The number of nitrogens with two attached hydrogens (primary N) is 1. The number of aliphatic hydroxyl groups excluding tert-OH is 2. The predicted octanol–water partition coefficient (Wildman–Crippen LogP) is 12.6. The monoisotopic (exact) mass is 1330 g/mol. The molecule has 4 atom stereocenters. The molecule has 0 bridgehead atoms. The Labute approximate surface area is 536 Å². The Morgan fingerprint density at radius 2 is 1.11 bits per heavy atom. The quantitative estimate of drug-likeness (QED) is 0.0246. The summed E-state index contributed by atoms with van der Waals surface area (Å²) in [4.78, 5) is 46.4. The molecule has 2 heterocycles. The van der Waals surface area contributed by atoms with Crippen LogP contribution < -0.4 is 30.0 Å². The van der Waals surface area contributed by atoms with Gasteiger partial charge in [-0.3, -0.25) is 4.79 Å². The minimum absolute atomic E-state index is 0. The number of halogens is 8. The first-order valence-corrected chi connectivity index (χ1v) is 28.5. The Kier molecular flexibility index (Phi) is 27.4. The molecule has 0 aliphatic heterocycles. The summed E-state index contributed by atoms with van der Waals surface area (Å²) < 4.78 is 95.5. The van der Waals surface area contributed by atoms with Gasteiger partial charge in [0, 0.05) is 42.2 Å². The van der Waals surface area contributed by atoms with E-state index in [1.807, 2.05) is 33.0 Å². The van der Waals surface area contributed by atoms with Crippen LogP contribution in [0.1, 0.15) is 125 Å². The largest absolute Gasteiger partial charge is 0.493 e. The number of ketones is 1. The fourth-order valence-electron chi connectivity index (χ4n) is 8.06. The zero-order valence-corrected chi connectivity index (χ0v) is 54.7. The molecule has 494 valence electrons. The normalized spacial score (nSPS) is 13.7. The summed E-state index contributed by atoms with van der Waals surface area (Å²) >= 11 is 11.9. The summed E-state index contributed by atoms with van der Waals surface area (Å²) in [7, 11) is 6.17. The Bertz CT molecular complexity index is 3440. The number of carbonyl (C=O) groups excluding carboxylic acids is 2. The fraction of sp³-hybridized carbons (Fsp3) is 0.422. The molecule has 2 unspecified atom stereocenters. The molecule has 0 radical (unpaired) electrons.